The third kappa shape index (κ3) is 3.06. The summed E-state index contributed by atoms with van der Waals surface area (Å²) in [5.74, 6) is 0.611. The maximum atomic E-state index is 10.5. The van der Waals surface area contributed by atoms with E-state index < -0.39 is 4.92 Å². The van der Waals surface area contributed by atoms with Gasteiger partial charge in [0, 0.05) is 18.7 Å². The van der Waals surface area contributed by atoms with Crippen molar-refractivity contribution in [3.05, 3.63) is 46.0 Å². The molecule has 16 heavy (non-hydrogen) atoms. The fourth-order valence-electron chi connectivity index (χ4n) is 1.15. The molecule has 0 amide bonds. The van der Waals surface area contributed by atoms with Gasteiger partial charge in [-0.2, -0.15) is 0 Å². The van der Waals surface area contributed by atoms with Crippen LogP contribution < -0.4 is 10.5 Å². The molecule has 0 bridgehead atoms. The topological polar surface area (TPSA) is 78.4 Å². The Morgan fingerprint density at radius 2 is 2.31 bits per heavy atom. The standard InChI is InChI=1S/C11H14N2O3/c1-8(6-12)7-16-11-4-3-10(13(14)15)5-9(11)2/h3-5H,1,6-7,12H2,2H3. The van der Waals surface area contributed by atoms with Crippen molar-refractivity contribution >= 4 is 5.69 Å². The molecule has 0 aliphatic heterocycles. The quantitative estimate of drug-likeness (QED) is 0.468. The van der Waals surface area contributed by atoms with Gasteiger partial charge in [-0.05, 0) is 24.1 Å². The summed E-state index contributed by atoms with van der Waals surface area (Å²) < 4.78 is 5.42. The number of nitro groups is 1. The zero-order valence-electron chi connectivity index (χ0n) is 9.10. The summed E-state index contributed by atoms with van der Waals surface area (Å²) in [5, 5.41) is 10.5. The van der Waals surface area contributed by atoms with Crippen molar-refractivity contribution in [3.63, 3.8) is 0 Å². The zero-order valence-corrected chi connectivity index (χ0v) is 9.10. The number of non-ortho nitro benzene ring substituents is 1. The molecule has 5 nitrogen and oxygen atoms in total. The molecule has 0 unspecified atom stereocenters. The number of hydrogen-bond acceptors (Lipinski definition) is 4. The van der Waals surface area contributed by atoms with Crippen LogP contribution in [0.3, 0.4) is 0 Å². The number of benzene rings is 1. The molecule has 0 fully saturated rings. The Morgan fingerprint density at radius 3 is 2.81 bits per heavy atom. The molecule has 0 saturated heterocycles. The van der Waals surface area contributed by atoms with Crippen molar-refractivity contribution in [2.24, 2.45) is 5.73 Å². The fraction of sp³-hybridized carbons (Fsp3) is 0.273. The van der Waals surface area contributed by atoms with E-state index in [1.807, 2.05) is 0 Å². The number of nitrogens with two attached hydrogens (primary N) is 1. The van der Waals surface area contributed by atoms with Gasteiger partial charge in [-0.15, -0.1) is 0 Å². The Balaban J connectivity index is 2.75. The number of aryl methyl sites for hydroxylation is 1. The Morgan fingerprint density at radius 1 is 1.62 bits per heavy atom. The predicted octanol–water partition coefficient (Wildman–Crippen LogP) is 1.80. The maximum absolute atomic E-state index is 10.5. The second kappa shape index (κ2) is 5.27. The van der Waals surface area contributed by atoms with Crippen LogP contribution in [-0.4, -0.2) is 18.1 Å². The van der Waals surface area contributed by atoms with Gasteiger partial charge in [-0.1, -0.05) is 6.58 Å². The monoisotopic (exact) mass is 222 g/mol. The highest BCUT2D eigenvalue weighted by atomic mass is 16.6. The third-order valence-electron chi connectivity index (χ3n) is 2.09. The number of ether oxygens (including phenoxy) is 1. The van der Waals surface area contributed by atoms with Gasteiger partial charge in [0.2, 0.25) is 0 Å². The molecule has 0 spiro atoms. The summed E-state index contributed by atoms with van der Waals surface area (Å²) in [4.78, 5) is 10.1. The van der Waals surface area contributed by atoms with E-state index in [0.717, 1.165) is 11.1 Å². The first-order valence-corrected chi connectivity index (χ1v) is 4.79. The molecule has 0 radical (unpaired) electrons. The molecule has 2 N–H and O–H groups in total. The number of nitro benzene ring substituents is 1. The molecular formula is C11H14N2O3. The second-order valence-electron chi connectivity index (χ2n) is 3.45. The Kier molecular flexibility index (Phi) is 4.02. The summed E-state index contributed by atoms with van der Waals surface area (Å²) in [5.41, 5.74) is 6.92. The minimum atomic E-state index is -0.435. The van der Waals surface area contributed by atoms with Gasteiger partial charge in [0.15, 0.2) is 0 Å². The first-order valence-electron chi connectivity index (χ1n) is 4.79. The summed E-state index contributed by atoms with van der Waals surface area (Å²) in [6.07, 6.45) is 0. The van der Waals surface area contributed by atoms with Gasteiger partial charge in [0.25, 0.3) is 5.69 Å². The van der Waals surface area contributed by atoms with E-state index in [2.05, 4.69) is 6.58 Å². The van der Waals surface area contributed by atoms with Gasteiger partial charge in [0.05, 0.1) is 4.92 Å². The van der Waals surface area contributed by atoms with Gasteiger partial charge >= 0.3 is 0 Å². The molecule has 0 heterocycles. The van der Waals surface area contributed by atoms with Crippen molar-refractivity contribution < 1.29 is 9.66 Å². The van der Waals surface area contributed by atoms with Gasteiger partial charge < -0.3 is 10.5 Å². The lowest BCUT2D eigenvalue weighted by molar-refractivity contribution is -0.384. The van der Waals surface area contributed by atoms with Crippen molar-refractivity contribution in [2.75, 3.05) is 13.2 Å². The minimum absolute atomic E-state index is 0.0579. The summed E-state index contributed by atoms with van der Waals surface area (Å²) in [6, 6.07) is 4.46. The van der Waals surface area contributed by atoms with Gasteiger partial charge in [-0.25, -0.2) is 0 Å². The number of hydrogen-bond donors (Lipinski definition) is 1. The van der Waals surface area contributed by atoms with E-state index in [4.69, 9.17) is 10.5 Å². The van der Waals surface area contributed by atoms with E-state index in [0.29, 0.717) is 18.9 Å². The number of nitrogens with zero attached hydrogens (tertiary/aromatic N) is 1. The highest BCUT2D eigenvalue weighted by Crippen LogP contribution is 2.23. The zero-order chi connectivity index (χ0) is 12.1. The molecule has 0 aliphatic carbocycles. The SMILES string of the molecule is C=C(CN)COc1ccc([N+](=O)[O-])cc1C. The van der Waals surface area contributed by atoms with Crippen LogP contribution in [0.4, 0.5) is 5.69 Å². The minimum Gasteiger partial charge on any atom is -0.489 e. The van der Waals surface area contributed by atoms with Crippen LogP contribution in [0.2, 0.25) is 0 Å². The first-order chi connectivity index (χ1) is 7.54. The predicted molar refractivity (Wildman–Crippen MR) is 61.5 cm³/mol. The lowest BCUT2D eigenvalue weighted by Gasteiger charge is -2.09. The lowest BCUT2D eigenvalue weighted by atomic mass is 10.2. The molecular weight excluding hydrogens is 208 g/mol. The molecule has 0 aromatic heterocycles. The van der Waals surface area contributed by atoms with Crippen LogP contribution in [0.15, 0.2) is 30.4 Å². The largest absolute Gasteiger partial charge is 0.489 e. The van der Waals surface area contributed by atoms with Crippen molar-refractivity contribution in [3.8, 4) is 5.75 Å². The second-order valence-corrected chi connectivity index (χ2v) is 3.45. The van der Waals surface area contributed by atoms with Crippen LogP contribution in [0, 0.1) is 17.0 Å². The Bertz CT molecular complexity index is 416. The molecule has 1 aromatic carbocycles. The average molecular weight is 222 g/mol. The molecule has 1 rings (SSSR count). The smallest absolute Gasteiger partial charge is 0.269 e. The van der Waals surface area contributed by atoms with Crippen molar-refractivity contribution in [1.82, 2.24) is 0 Å². The van der Waals surface area contributed by atoms with Crippen LogP contribution in [0.25, 0.3) is 0 Å². The fourth-order valence-corrected chi connectivity index (χ4v) is 1.15. The van der Waals surface area contributed by atoms with Gasteiger partial charge in [0.1, 0.15) is 12.4 Å². The Labute approximate surface area is 93.7 Å². The van der Waals surface area contributed by atoms with Gasteiger partial charge in [-0.3, -0.25) is 10.1 Å². The van der Waals surface area contributed by atoms with Crippen LogP contribution in [0.5, 0.6) is 5.75 Å². The molecule has 5 heteroatoms. The highest BCUT2D eigenvalue weighted by Gasteiger charge is 2.08. The summed E-state index contributed by atoms with van der Waals surface area (Å²) in [7, 11) is 0. The molecule has 0 aliphatic rings. The van der Waals surface area contributed by atoms with Crippen LogP contribution in [-0.2, 0) is 0 Å². The molecule has 0 atom stereocenters. The summed E-state index contributed by atoms with van der Waals surface area (Å²) >= 11 is 0. The third-order valence-corrected chi connectivity index (χ3v) is 2.09. The van der Waals surface area contributed by atoms with E-state index >= 15 is 0 Å². The Hall–Kier alpha value is -1.88. The molecule has 1 aromatic rings. The van der Waals surface area contributed by atoms with E-state index in [1.165, 1.54) is 12.1 Å². The van der Waals surface area contributed by atoms with E-state index in [9.17, 15) is 10.1 Å². The van der Waals surface area contributed by atoms with Crippen molar-refractivity contribution in [1.29, 1.82) is 0 Å². The average Bonchev–Trinajstić information content (AvgIpc) is 2.26. The van der Waals surface area contributed by atoms with Crippen LogP contribution in [0.1, 0.15) is 5.56 Å². The summed E-state index contributed by atoms with van der Waals surface area (Å²) in [6.45, 7) is 6.16. The van der Waals surface area contributed by atoms with E-state index in [1.54, 1.807) is 13.0 Å². The number of rotatable bonds is 5. The van der Waals surface area contributed by atoms with Crippen molar-refractivity contribution in [2.45, 2.75) is 6.92 Å². The van der Waals surface area contributed by atoms with E-state index in [-0.39, 0.29) is 5.69 Å². The first kappa shape index (κ1) is 12.2. The molecule has 0 saturated carbocycles. The van der Waals surface area contributed by atoms with Crippen LogP contribution >= 0.6 is 0 Å². The molecule has 86 valence electrons. The lowest BCUT2D eigenvalue weighted by Crippen LogP contribution is -2.10. The normalized spacial score (nSPS) is 9.88. The maximum Gasteiger partial charge on any atom is 0.269 e. The highest BCUT2D eigenvalue weighted by molar-refractivity contribution is 5.43.